The first kappa shape index (κ1) is 15.6. The number of amides is 1. The lowest BCUT2D eigenvalue weighted by molar-refractivity contribution is 0.0999. The number of hydrogen-bond donors (Lipinski definition) is 1. The van der Waals surface area contributed by atoms with Crippen molar-refractivity contribution in [3.05, 3.63) is 58.9 Å². The Kier molecular flexibility index (Phi) is 4.34. The third kappa shape index (κ3) is 3.53. The van der Waals surface area contributed by atoms with Gasteiger partial charge < -0.3 is 5.73 Å². The molecule has 3 rings (SSSR count). The summed E-state index contributed by atoms with van der Waals surface area (Å²) in [5.74, 6) is 0.287. The van der Waals surface area contributed by atoms with Crippen molar-refractivity contribution >= 4 is 5.91 Å². The molecule has 1 amide bonds. The van der Waals surface area contributed by atoms with Crippen LogP contribution in [0.15, 0.2) is 30.5 Å². The number of rotatable bonds is 4. The number of likely N-dealkylation sites (tertiary alicyclic amines) is 1. The molecule has 1 aromatic heterocycles. The van der Waals surface area contributed by atoms with E-state index in [4.69, 9.17) is 5.73 Å². The first-order chi connectivity index (χ1) is 11.0. The monoisotopic (exact) mass is 314 g/mol. The van der Waals surface area contributed by atoms with Crippen LogP contribution in [0.3, 0.4) is 0 Å². The molecule has 1 unspecified atom stereocenters. The van der Waals surface area contributed by atoms with Crippen molar-refractivity contribution in [3.8, 4) is 0 Å². The summed E-state index contributed by atoms with van der Waals surface area (Å²) >= 11 is 0. The number of nitrogens with two attached hydrogens (primary N) is 1. The molecule has 1 saturated heterocycles. The number of carbonyl (C=O) groups excluding carboxylic acids is 1. The fraction of sp³-hybridized carbons (Fsp3) is 0.353. The molecule has 6 heteroatoms. The molecule has 0 spiro atoms. The van der Waals surface area contributed by atoms with E-state index < -0.39 is 5.91 Å². The summed E-state index contributed by atoms with van der Waals surface area (Å²) in [7, 11) is 0. The van der Waals surface area contributed by atoms with E-state index in [-0.39, 0.29) is 11.7 Å². The minimum Gasteiger partial charge on any atom is -0.365 e. The Labute approximate surface area is 134 Å². The number of halogens is 1. The van der Waals surface area contributed by atoms with Crippen LogP contribution in [0.1, 0.15) is 39.8 Å². The fourth-order valence-electron chi connectivity index (χ4n) is 2.96. The molecule has 0 aliphatic carbocycles. The van der Waals surface area contributed by atoms with Crippen LogP contribution in [0, 0.1) is 12.7 Å². The standard InChI is InChI=1S/C17H19FN4O/c1-11-15(16(19)23)8-20-17(21-11)13-6-7-22(10-13)9-12-2-4-14(18)5-3-12/h2-5,8,13H,6-7,9-10H2,1H3,(H2,19,23). The van der Waals surface area contributed by atoms with Crippen LogP contribution in [0.4, 0.5) is 4.39 Å². The molecule has 1 fully saturated rings. The maximum absolute atomic E-state index is 12.9. The predicted molar refractivity (Wildman–Crippen MR) is 84.3 cm³/mol. The summed E-state index contributed by atoms with van der Waals surface area (Å²) in [6.07, 6.45) is 2.49. The van der Waals surface area contributed by atoms with E-state index in [1.165, 1.54) is 18.3 Å². The molecule has 2 heterocycles. The fourth-order valence-corrected chi connectivity index (χ4v) is 2.96. The van der Waals surface area contributed by atoms with Crippen molar-refractivity contribution in [2.24, 2.45) is 5.73 Å². The van der Waals surface area contributed by atoms with Crippen molar-refractivity contribution in [2.45, 2.75) is 25.8 Å². The van der Waals surface area contributed by atoms with Crippen LogP contribution in [-0.4, -0.2) is 33.9 Å². The number of nitrogens with zero attached hydrogens (tertiary/aromatic N) is 3. The maximum Gasteiger partial charge on any atom is 0.252 e. The van der Waals surface area contributed by atoms with Gasteiger partial charge in [0.2, 0.25) is 0 Å². The maximum atomic E-state index is 12.9. The van der Waals surface area contributed by atoms with Crippen LogP contribution >= 0.6 is 0 Å². The van der Waals surface area contributed by atoms with Gasteiger partial charge in [-0.05, 0) is 37.6 Å². The van der Waals surface area contributed by atoms with Gasteiger partial charge in [-0.25, -0.2) is 14.4 Å². The van der Waals surface area contributed by atoms with Crippen molar-refractivity contribution in [1.82, 2.24) is 14.9 Å². The Morgan fingerprint density at radius 1 is 1.39 bits per heavy atom. The molecular weight excluding hydrogens is 295 g/mol. The summed E-state index contributed by atoms with van der Waals surface area (Å²) in [4.78, 5) is 22.3. The van der Waals surface area contributed by atoms with Crippen molar-refractivity contribution in [2.75, 3.05) is 13.1 Å². The molecular formula is C17H19FN4O. The Morgan fingerprint density at radius 2 is 2.13 bits per heavy atom. The third-order valence-electron chi connectivity index (χ3n) is 4.22. The molecule has 1 aliphatic rings. The SMILES string of the molecule is Cc1nc(C2CCN(Cc3ccc(F)cc3)C2)ncc1C(N)=O. The predicted octanol–water partition coefficient (Wildman–Crippen LogP) is 2.01. The van der Waals surface area contributed by atoms with Crippen LogP contribution in [0.2, 0.25) is 0 Å². The van der Waals surface area contributed by atoms with Gasteiger partial charge in [0.05, 0.1) is 11.3 Å². The second-order valence-corrected chi connectivity index (χ2v) is 5.94. The lowest BCUT2D eigenvalue weighted by Crippen LogP contribution is -2.21. The number of hydrogen-bond acceptors (Lipinski definition) is 4. The van der Waals surface area contributed by atoms with Crippen molar-refractivity contribution in [3.63, 3.8) is 0 Å². The normalized spacial score (nSPS) is 18.3. The molecule has 5 nitrogen and oxygen atoms in total. The quantitative estimate of drug-likeness (QED) is 0.937. The molecule has 1 atom stereocenters. The highest BCUT2D eigenvalue weighted by Crippen LogP contribution is 2.26. The molecule has 23 heavy (non-hydrogen) atoms. The van der Waals surface area contributed by atoms with Crippen LogP contribution in [0.25, 0.3) is 0 Å². The summed E-state index contributed by atoms with van der Waals surface area (Å²) in [5.41, 5.74) is 7.37. The van der Waals surface area contributed by atoms with E-state index in [2.05, 4.69) is 14.9 Å². The zero-order chi connectivity index (χ0) is 16.4. The van der Waals surface area contributed by atoms with E-state index in [1.54, 1.807) is 6.92 Å². The highest BCUT2D eigenvalue weighted by Gasteiger charge is 2.26. The molecule has 1 aromatic carbocycles. The number of aromatic nitrogens is 2. The van der Waals surface area contributed by atoms with Crippen LogP contribution < -0.4 is 5.73 Å². The van der Waals surface area contributed by atoms with Gasteiger partial charge in [0.1, 0.15) is 11.6 Å². The highest BCUT2D eigenvalue weighted by atomic mass is 19.1. The molecule has 2 aromatic rings. The Balaban J connectivity index is 1.66. The van der Waals surface area contributed by atoms with E-state index in [0.29, 0.717) is 11.3 Å². The van der Waals surface area contributed by atoms with E-state index in [1.807, 2.05) is 12.1 Å². The van der Waals surface area contributed by atoms with Gasteiger partial charge in [-0.3, -0.25) is 9.69 Å². The zero-order valence-electron chi connectivity index (χ0n) is 13.0. The summed E-state index contributed by atoms with van der Waals surface area (Å²) < 4.78 is 12.9. The summed E-state index contributed by atoms with van der Waals surface area (Å²) in [6, 6.07) is 6.59. The van der Waals surface area contributed by atoms with Crippen molar-refractivity contribution < 1.29 is 9.18 Å². The van der Waals surface area contributed by atoms with Gasteiger partial charge in [0.25, 0.3) is 5.91 Å². The van der Waals surface area contributed by atoms with Gasteiger partial charge >= 0.3 is 0 Å². The third-order valence-corrected chi connectivity index (χ3v) is 4.22. The molecule has 0 radical (unpaired) electrons. The first-order valence-corrected chi connectivity index (χ1v) is 7.63. The summed E-state index contributed by atoms with van der Waals surface area (Å²) in [5, 5.41) is 0. The average Bonchev–Trinajstić information content (AvgIpc) is 2.97. The summed E-state index contributed by atoms with van der Waals surface area (Å²) in [6.45, 7) is 4.36. The van der Waals surface area contributed by atoms with E-state index >= 15 is 0 Å². The first-order valence-electron chi connectivity index (χ1n) is 7.63. The topological polar surface area (TPSA) is 72.1 Å². The lowest BCUT2D eigenvalue weighted by atomic mass is 10.1. The van der Waals surface area contributed by atoms with Crippen LogP contribution in [-0.2, 0) is 6.54 Å². The minimum atomic E-state index is -0.501. The van der Waals surface area contributed by atoms with Gasteiger partial charge in [-0.2, -0.15) is 0 Å². The zero-order valence-corrected chi connectivity index (χ0v) is 13.0. The van der Waals surface area contributed by atoms with Gasteiger partial charge in [0, 0.05) is 25.2 Å². The highest BCUT2D eigenvalue weighted by molar-refractivity contribution is 5.93. The minimum absolute atomic E-state index is 0.216. The lowest BCUT2D eigenvalue weighted by Gasteiger charge is -2.16. The molecule has 0 saturated carbocycles. The Bertz CT molecular complexity index is 717. The van der Waals surface area contributed by atoms with Gasteiger partial charge in [-0.15, -0.1) is 0 Å². The van der Waals surface area contributed by atoms with Crippen LogP contribution in [0.5, 0.6) is 0 Å². The van der Waals surface area contributed by atoms with Crippen molar-refractivity contribution in [1.29, 1.82) is 0 Å². The smallest absolute Gasteiger partial charge is 0.252 e. The number of benzene rings is 1. The molecule has 1 aliphatic heterocycles. The van der Waals surface area contributed by atoms with Gasteiger partial charge in [0.15, 0.2) is 0 Å². The second kappa shape index (κ2) is 6.42. The number of aryl methyl sites for hydroxylation is 1. The van der Waals surface area contributed by atoms with E-state index in [0.717, 1.165) is 37.4 Å². The second-order valence-electron chi connectivity index (χ2n) is 5.94. The largest absolute Gasteiger partial charge is 0.365 e. The van der Waals surface area contributed by atoms with E-state index in [9.17, 15) is 9.18 Å². The number of primary amides is 1. The molecule has 0 bridgehead atoms. The average molecular weight is 314 g/mol. The Hall–Kier alpha value is -2.34. The molecule has 2 N–H and O–H groups in total. The molecule has 120 valence electrons. The Morgan fingerprint density at radius 3 is 2.78 bits per heavy atom. The number of carbonyl (C=O) groups is 1. The van der Waals surface area contributed by atoms with Gasteiger partial charge in [-0.1, -0.05) is 12.1 Å².